The van der Waals surface area contributed by atoms with E-state index in [-0.39, 0.29) is 29.2 Å². The Bertz CT molecular complexity index is 1100. The fraction of sp³-hybridized carbons (Fsp3) is 0.526. The monoisotopic (exact) mass is 399 g/mol. The van der Waals surface area contributed by atoms with Crippen molar-refractivity contribution in [3.05, 3.63) is 43.9 Å². The quantitative estimate of drug-likeness (QED) is 0.727. The largest absolute Gasteiger partial charge is 0.370 e. The van der Waals surface area contributed by atoms with Gasteiger partial charge in [-0.05, 0) is 32.6 Å². The minimum atomic E-state index is -0.618. The van der Waals surface area contributed by atoms with Gasteiger partial charge in [-0.1, -0.05) is 0 Å². The molecular weight excluding hydrogens is 374 g/mol. The maximum Gasteiger partial charge on any atom is 0.332 e. The van der Waals surface area contributed by atoms with Gasteiger partial charge in [-0.15, -0.1) is 0 Å². The summed E-state index contributed by atoms with van der Waals surface area (Å²) in [5, 5.41) is 19.7. The zero-order valence-electron chi connectivity index (χ0n) is 17.0. The smallest absolute Gasteiger partial charge is 0.332 e. The van der Waals surface area contributed by atoms with Gasteiger partial charge in [0.25, 0.3) is 11.5 Å². The lowest BCUT2D eigenvalue weighted by Gasteiger charge is -2.25. The van der Waals surface area contributed by atoms with Crippen molar-refractivity contribution < 1.29 is 4.79 Å². The van der Waals surface area contributed by atoms with Crippen LogP contribution in [0.1, 0.15) is 41.9 Å². The number of anilines is 1. The number of nitrogens with zero attached hydrogens (tertiary/aromatic N) is 5. The summed E-state index contributed by atoms with van der Waals surface area (Å²) >= 11 is 0. The molecule has 2 N–H and O–H groups in total. The zero-order valence-corrected chi connectivity index (χ0v) is 17.0. The first kappa shape index (κ1) is 20.4. The van der Waals surface area contributed by atoms with Gasteiger partial charge in [0.15, 0.2) is 5.56 Å². The fourth-order valence-corrected chi connectivity index (χ4v) is 3.60. The molecule has 1 aliphatic heterocycles. The highest BCUT2D eigenvalue weighted by molar-refractivity contribution is 5.95. The van der Waals surface area contributed by atoms with Gasteiger partial charge < -0.3 is 10.6 Å². The Labute approximate surface area is 167 Å². The van der Waals surface area contributed by atoms with Gasteiger partial charge >= 0.3 is 5.69 Å². The number of carbonyl (C=O) groups excluding carboxylic acids is 1. The summed E-state index contributed by atoms with van der Waals surface area (Å²) in [4.78, 5) is 36.8. The van der Waals surface area contributed by atoms with Crippen molar-refractivity contribution in [3.63, 3.8) is 0 Å². The summed E-state index contributed by atoms with van der Waals surface area (Å²) in [6, 6.07) is 1.92. The van der Waals surface area contributed by atoms with Crippen LogP contribution >= 0.6 is 0 Å². The van der Waals surface area contributed by atoms with Crippen molar-refractivity contribution >= 4 is 11.7 Å². The lowest BCUT2D eigenvalue weighted by atomic mass is 9.94. The van der Waals surface area contributed by atoms with E-state index in [2.05, 4.69) is 15.7 Å². The van der Waals surface area contributed by atoms with E-state index in [1.165, 1.54) is 18.7 Å². The molecule has 29 heavy (non-hydrogen) atoms. The highest BCUT2D eigenvalue weighted by Crippen LogP contribution is 2.24. The molecule has 0 aliphatic carbocycles. The van der Waals surface area contributed by atoms with Gasteiger partial charge in [0, 0.05) is 33.2 Å². The average Bonchev–Trinajstić information content (AvgIpc) is 3.11. The first-order valence-electron chi connectivity index (χ1n) is 9.54. The maximum atomic E-state index is 12.4. The summed E-state index contributed by atoms with van der Waals surface area (Å²) in [7, 11) is 2.87. The van der Waals surface area contributed by atoms with Crippen molar-refractivity contribution in [1.29, 1.82) is 5.26 Å². The first-order valence-corrected chi connectivity index (χ1v) is 9.54. The van der Waals surface area contributed by atoms with Gasteiger partial charge in [-0.2, -0.15) is 10.4 Å². The van der Waals surface area contributed by atoms with E-state index in [0.29, 0.717) is 25.1 Å². The summed E-state index contributed by atoms with van der Waals surface area (Å²) in [6.07, 6.45) is 3.06. The number of aryl methyl sites for hydroxylation is 1. The third-order valence-electron chi connectivity index (χ3n) is 5.18. The van der Waals surface area contributed by atoms with Gasteiger partial charge in [0.05, 0.1) is 17.5 Å². The second-order valence-electron chi connectivity index (χ2n) is 7.64. The van der Waals surface area contributed by atoms with E-state index in [4.69, 9.17) is 0 Å². The van der Waals surface area contributed by atoms with Crippen LogP contribution < -0.4 is 21.9 Å². The predicted octanol–water partition coefficient (Wildman–Crippen LogP) is -0.0351. The van der Waals surface area contributed by atoms with Crippen LogP contribution in [0.5, 0.6) is 0 Å². The van der Waals surface area contributed by atoms with Crippen LogP contribution in [0, 0.1) is 17.2 Å². The third kappa shape index (κ3) is 3.81. The molecule has 0 aromatic carbocycles. The minimum Gasteiger partial charge on any atom is -0.370 e. The van der Waals surface area contributed by atoms with Crippen molar-refractivity contribution in [1.82, 2.24) is 24.2 Å². The van der Waals surface area contributed by atoms with Crippen LogP contribution in [0.4, 0.5) is 5.82 Å². The topological polar surface area (TPSA) is 127 Å². The molecule has 1 atom stereocenters. The summed E-state index contributed by atoms with van der Waals surface area (Å²) in [5.41, 5.74) is 0.243. The molecule has 1 aliphatic rings. The van der Waals surface area contributed by atoms with E-state index < -0.39 is 11.2 Å². The summed E-state index contributed by atoms with van der Waals surface area (Å²) < 4.78 is 4.04. The SMILES string of the molecule is CC(C)NC(=O)c1cnn2c1C[C@H](CNc1c(C#N)c(=O)n(C)c(=O)n1C)CC2. The van der Waals surface area contributed by atoms with E-state index in [9.17, 15) is 19.6 Å². The maximum absolute atomic E-state index is 12.4. The van der Waals surface area contributed by atoms with E-state index in [1.54, 1.807) is 6.20 Å². The first-order chi connectivity index (χ1) is 13.7. The van der Waals surface area contributed by atoms with Crippen molar-refractivity contribution in [2.75, 3.05) is 11.9 Å². The van der Waals surface area contributed by atoms with Gasteiger partial charge in [0.1, 0.15) is 11.9 Å². The zero-order chi connectivity index (χ0) is 21.3. The number of fused-ring (bicyclic) bond motifs is 1. The third-order valence-corrected chi connectivity index (χ3v) is 5.18. The number of rotatable bonds is 5. The number of hydrogen-bond donors (Lipinski definition) is 2. The van der Waals surface area contributed by atoms with Crippen molar-refractivity contribution in [2.45, 2.75) is 39.3 Å². The molecule has 10 nitrogen and oxygen atoms in total. The molecule has 0 fully saturated rings. The number of nitrogens with one attached hydrogen (secondary N) is 2. The summed E-state index contributed by atoms with van der Waals surface area (Å²) in [5.74, 6) is 0.239. The Hall–Kier alpha value is -3.35. The molecule has 0 unspecified atom stereocenters. The molecule has 3 rings (SSSR count). The predicted molar refractivity (Wildman–Crippen MR) is 107 cm³/mol. The van der Waals surface area contributed by atoms with Gasteiger partial charge in [-0.3, -0.25) is 23.4 Å². The standard InChI is InChI=1S/C19H25N7O3/c1-11(2)23-17(27)14-10-22-26-6-5-12(7-15(14)26)9-21-16-13(8-20)18(28)25(4)19(29)24(16)3/h10-12,21H,5-7,9H2,1-4H3,(H,23,27)/t12-/m1/s1. The number of nitriles is 1. The molecule has 0 bridgehead atoms. The van der Waals surface area contributed by atoms with Crippen LogP contribution in [0.25, 0.3) is 0 Å². The molecule has 2 aromatic rings. The number of amides is 1. The van der Waals surface area contributed by atoms with Gasteiger partial charge in [-0.25, -0.2) is 4.79 Å². The van der Waals surface area contributed by atoms with Crippen LogP contribution in [-0.2, 0) is 27.1 Å². The molecule has 2 aromatic heterocycles. The molecule has 0 spiro atoms. The second-order valence-corrected chi connectivity index (χ2v) is 7.64. The minimum absolute atomic E-state index is 0.0329. The number of carbonyl (C=O) groups is 1. The van der Waals surface area contributed by atoms with E-state index >= 15 is 0 Å². The van der Waals surface area contributed by atoms with Gasteiger partial charge in [0.2, 0.25) is 0 Å². The second kappa shape index (κ2) is 7.95. The molecular formula is C19H25N7O3. The molecule has 0 radical (unpaired) electrons. The molecule has 0 saturated heterocycles. The molecule has 154 valence electrons. The highest BCUT2D eigenvalue weighted by Gasteiger charge is 2.26. The molecule has 10 heteroatoms. The highest BCUT2D eigenvalue weighted by atomic mass is 16.2. The summed E-state index contributed by atoms with van der Waals surface area (Å²) in [6.45, 7) is 4.95. The normalized spacial score (nSPS) is 15.7. The molecule has 1 amide bonds. The van der Waals surface area contributed by atoms with E-state index in [0.717, 1.165) is 16.7 Å². The Morgan fingerprint density at radius 1 is 1.34 bits per heavy atom. The Morgan fingerprint density at radius 3 is 2.72 bits per heavy atom. The van der Waals surface area contributed by atoms with Crippen LogP contribution in [0.3, 0.4) is 0 Å². The lowest BCUT2D eigenvalue weighted by molar-refractivity contribution is 0.0941. The van der Waals surface area contributed by atoms with E-state index in [1.807, 2.05) is 24.6 Å². The molecule has 3 heterocycles. The number of hydrogen-bond acceptors (Lipinski definition) is 6. The molecule has 0 saturated carbocycles. The number of aromatic nitrogens is 4. The van der Waals surface area contributed by atoms with Crippen LogP contribution in [0.15, 0.2) is 15.8 Å². The fourth-order valence-electron chi connectivity index (χ4n) is 3.60. The van der Waals surface area contributed by atoms with Crippen LogP contribution in [0.2, 0.25) is 0 Å². The van der Waals surface area contributed by atoms with Crippen molar-refractivity contribution in [2.24, 2.45) is 20.0 Å². The Kier molecular flexibility index (Phi) is 5.59. The Balaban J connectivity index is 1.80. The van der Waals surface area contributed by atoms with Crippen LogP contribution in [-0.4, -0.2) is 37.4 Å². The Morgan fingerprint density at radius 2 is 2.07 bits per heavy atom. The lowest BCUT2D eigenvalue weighted by Crippen LogP contribution is -2.40. The van der Waals surface area contributed by atoms with Crippen molar-refractivity contribution in [3.8, 4) is 6.07 Å². The average molecular weight is 399 g/mol.